The number of benzene rings is 1. The van der Waals surface area contributed by atoms with Crippen molar-refractivity contribution in [3.05, 3.63) is 54.9 Å². The van der Waals surface area contributed by atoms with Gasteiger partial charge in [0.25, 0.3) is 11.6 Å². The van der Waals surface area contributed by atoms with E-state index < -0.39 is 10.8 Å². The Kier molecular flexibility index (Phi) is 4.58. The van der Waals surface area contributed by atoms with Crippen molar-refractivity contribution in [3.63, 3.8) is 0 Å². The van der Waals surface area contributed by atoms with E-state index in [1.165, 1.54) is 35.8 Å². The Morgan fingerprint density at radius 2 is 2.14 bits per heavy atom. The molecule has 1 amide bonds. The Morgan fingerprint density at radius 1 is 1.45 bits per heavy atom. The van der Waals surface area contributed by atoms with E-state index in [1.54, 1.807) is 6.92 Å². The van der Waals surface area contributed by atoms with E-state index in [1.807, 2.05) is 6.92 Å². The van der Waals surface area contributed by atoms with Crippen molar-refractivity contribution < 1.29 is 9.72 Å². The van der Waals surface area contributed by atoms with E-state index in [4.69, 9.17) is 17.3 Å². The lowest BCUT2D eigenvalue weighted by atomic mass is 10.1. The predicted octanol–water partition coefficient (Wildman–Crippen LogP) is 3.78. The van der Waals surface area contributed by atoms with Crippen LogP contribution in [-0.2, 0) is 0 Å². The average Bonchev–Trinajstić information content (AvgIpc) is 2.73. The number of primary amides is 1. The molecule has 8 heteroatoms. The molecule has 0 aliphatic carbocycles. The Bertz CT molecular complexity index is 799. The predicted molar refractivity (Wildman–Crippen MR) is 87.7 cm³/mol. The minimum Gasteiger partial charge on any atom is -0.365 e. The maximum absolute atomic E-state index is 11.5. The van der Waals surface area contributed by atoms with E-state index in [0.717, 1.165) is 10.4 Å². The molecule has 1 aromatic carbocycles. The van der Waals surface area contributed by atoms with Crippen LogP contribution in [-0.4, -0.2) is 17.0 Å². The fourth-order valence-electron chi connectivity index (χ4n) is 1.86. The molecule has 2 aromatic rings. The molecule has 1 heterocycles. The molecule has 0 bridgehead atoms. The van der Waals surface area contributed by atoms with Crippen molar-refractivity contribution in [2.75, 3.05) is 0 Å². The Morgan fingerprint density at radius 3 is 2.73 bits per heavy atom. The van der Waals surface area contributed by atoms with Gasteiger partial charge in [-0.25, -0.2) is 4.99 Å². The van der Waals surface area contributed by atoms with E-state index in [9.17, 15) is 14.9 Å². The highest BCUT2D eigenvalue weighted by Crippen LogP contribution is 2.34. The first-order chi connectivity index (χ1) is 10.3. The number of hydrogen-bond acceptors (Lipinski definition) is 5. The van der Waals surface area contributed by atoms with E-state index >= 15 is 0 Å². The van der Waals surface area contributed by atoms with Crippen LogP contribution in [0.4, 0.5) is 10.7 Å². The van der Waals surface area contributed by atoms with Crippen LogP contribution in [0.15, 0.2) is 23.2 Å². The van der Waals surface area contributed by atoms with E-state index in [0.29, 0.717) is 21.2 Å². The van der Waals surface area contributed by atoms with Crippen LogP contribution in [0.2, 0.25) is 5.02 Å². The topological polar surface area (TPSA) is 98.6 Å². The van der Waals surface area contributed by atoms with Crippen LogP contribution in [0.3, 0.4) is 0 Å². The molecule has 22 heavy (non-hydrogen) atoms. The molecule has 0 spiro atoms. The van der Waals surface area contributed by atoms with Gasteiger partial charge in [0, 0.05) is 33.8 Å². The molecule has 0 fully saturated rings. The number of aryl methyl sites for hydroxylation is 1. The monoisotopic (exact) mass is 337 g/mol. The number of nitro groups is 1. The van der Waals surface area contributed by atoms with Crippen molar-refractivity contribution in [1.82, 2.24) is 0 Å². The molecule has 1 aromatic heterocycles. The van der Waals surface area contributed by atoms with Gasteiger partial charge < -0.3 is 5.73 Å². The molecular weight excluding hydrogens is 326 g/mol. The molecule has 114 valence electrons. The Hall–Kier alpha value is -2.25. The second-order valence-electron chi connectivity index (χ2n) is 4.55. The summed E-state index contributed by atoms with van der Waals surface area (Å²) in [5, 5.41) is 11.6. The summed E-state index contributed by atoms with van der Waals surface area (Å²) in [6.07, 6.45) is 1.40. The summed E-state index contributed by atoms with van der Waals surface area (Å²) in [4.78, 5) is 27.0. The van der Waals surface area contributed by atoms with Gasteiger partial charge in [0.1, 0.15) is 5.00 Å². The lowest BCUT2D eigenvalue weighted by Crippen LogP contribution is -2.11. The van der Waals surface area contributed by atoms with Crippen LogP contribution in [0, 0.1) is 24.0 Å². The fourth-order valence-corrected chi connectivity index (χ4v) is 3.03. The molecule has 2 N–H and O–H groups in total. The van der Waals surface area contributed by atoms with Crippen LogP contribution in [0.1, 0.15) is 26.4 Å². The van der Waals surface area contributed by atoms with Crippen LogP contribution in [0.5, 0.6) is 0 Å². The molecule has 0 saturated carbocycles. The summed E-state index contributed by atoms with van der Waals surface area (Å²) >= 11 is 7.33. The fraction of sp³-hybridized carbons (Fsp3) is 0.143. The summed E-state index contributed by atoms with van der Waals surface area (Å²) in [6.45, 7) is 3.66. The summed E-state index contributed by atoms with van der Waals surface area (Å²) in [5.41, 5.74) is 6.83. The number of hydrogen-bond donors (Lipinski definition) is 1. The highest BCUT2D eigenvalue weighted by Gasteiger charge is 2.16. The molecule has 6 nitrogen and oxygen atoms in total. The second kappa shape index (κ2) is 6.25. The maximum atomic E-state index is 11.5. The number of aliphatic imine (C=N–C) groups is 1. The number of non-ortho nitro benzene ring substituents is 1. The summed E-state index contributed by atoms with van der Waals surface area (Å²) < 4.78 is 0. The molecule has 0 saturated heterocycles. The standard InChI is InChI=1S/C14H12ClN3O3S/c1-7-8(2)22-14(12(7)13(16)19)17-6-9-5-10(18(20)21)3-4-11(9)15/h3-6H,1-2H3,(H2,16,19). The maximum Gasteiger partial charge on any atom is 0.270 e. The zero-order valence-corrected chi connectivity index (χ0v) is 13.4. The summed E-state index contributed by atoms with van der Waals surface area (Å²) in [7, 11) is 0. The molecule has 0 aliphatic rings. The van der Waals surface area contributed by atoms with Gasteiger partial charge in [0.2, 0.25) is 0 Å². The smallest absolute Gasteiger partial charge is 0.270 e. The van der Waals surface area contributed by atoms with Crippen molar-refractivity contribution in [3.8, 4) is 0 Å². The molecule has 0 unspecified atom stereocenters. The molecule has 0 aliphatic heterocycles. The second-order valence-corrected chi connectivity index (χ2v) is 6.16. The highest BCUT2D eigenvalue weighted by atomic mass is 35.5. The third-order valence-electron chi connectivity index (χ3n) is 3.12. The average molecular weight is 338 g/mol. The largest absolute Gasteiger partial charge is 0.365 e. The SMILES string of the molecule is Cc1sc(N=Cc2cc([N+](=O)[O-])ccc2Cl)c(C(N)=O)c1C. The van der Waals surface area contributed by atoms with Gasteiger partial charge in [0.15, 0.2) is 0 Å². The van der Waals surface area contributed by atoms with E-state index in [-0.39, 0.29) is 5.69 Å². The third-order valence-corrected chi connectivity index (χ3v) is 4.58. The number of carbonyl (C=O) groups excluding carboxylic acids is 1. The number of nitrogens with zero attached hydrogens (tertiary/aromatic N) is 2. The third kappa shape index (κ3) is 3.15. The highest BCUT2D eigenvalue weighted by molar-refractivity contribution is 7.16. The number of carbonyl (C=O) groups is 1. The number of amides is 1. The molecule has 2 rings (SSSR count). The van der Waals surface area contributed by atoms with Gasteiger partial charge in [-0.2, -0.15) is 0 Å². The van der Waals surface area contributed by atoms with Crippen LogP contribution < -0.4 is 5.73 Å². The number of nitrogens with two attached hydrogens (primary N) is 1. The number of rotatable bonds is 4. The first-order valence-electron chi connectivity index (χ1n) is 6.19. The van der Waals surface area contributed by atoms with Gasteiger partial charge >= 0.3 is 0 Å². The number of nitro benzene ring substituents is 1. The van der Waals surface area contributed by atoms with Gasteiger partial charge in [0.05, 0.1) is 10.5 Å². The lowest BCUT2D eigenvalue weighted by Gasteiger charge is -1.99. The lowest BCUT2D eigenvalue weighted by molar-refractivity contribution is -0.384. The minimum absolute atomic E-state index is 0.0838. The molecular formula is C14H12ClN3O3S. The Labute approximate surface area is 135 Å². The first kappa shape index (κ1) is 16.1. The minimum atomic E-state index is -0.556. The normalized spacial score (nSPS) is 11.0. The summed E-state index contributed by atoms with van der Waals surface area (Å²) in [6, 6.07) is 4.07. The van der Waals surface area contributed by atoms with Gasteiger partial charge in [-0.05, 0) is 25.5 Å². The van der Waals surface area contributed by atoms with Crippen molar-refractivity contribution in [1.29, 1.82) is 0 Å². The van der Waals surface area contributed by atoms with Gasteiger partial charge in [-0.1, -0.05) is 11.6 Å². The van der Waals surface area contributed by atoms with Crippen molar-refractivity contribution in [2.45, 2.75) is 13.8 Å². The first-order valence-corrected chi connectivity index (χ1v) is 7.38. The summed E-state index contributed by atoms with van der Waals surface area (Å²) in [5.74, 6) is -0.556. The number of thiophene rings is 1. The van der Waals surface area contributed by atoms with E-state index in [2.05, 4.69) is 4.99 Å². The quantitative estimate of drug-likeness (QED) is 0.522. The molecule has 0 atom stereocenters. The van der Waals surface area contributed by atoms with Crippen LogP contribution >= 0.6 is 22.9 Å². The zero-order chi connectivity index (χ0) is 16.4. The van der Waals surface area contributed by atoms with Crippen molar-refractivity contribution >= 4 is 45.7 Å². The van der Waals surface area contributed by atoms with Crippen LogP contribution in [0.25, 0.3) is 0 Å². The number of halogens is 1. The van der Waals surface area contributed by atoms with Crippen molar-refractivity contribution in [2.24, 2.45) is 10.7 Å². The van der Waals surface area contributed by atoms with Gasteiger partial charge in [-0.3, -0.25) is 14.9 Å². The van der Waals surface area contributed by atoms with Gasteiger partial charge in [-0.15, -0.1) is 11.3 Å². The zero-order valence-electron chi connectivity index (χ0n) is 11.8. The molecule has 0 radical (unpaired) electrons. The Balaban J connectivity index is 2.45.